The second-order valence-electron chi connectivity index (χ2n) is 4.49. The number of pyridine rings is 1. The predicted octanol–water partition coefficient (Wildman–Crippen LogP) is 2.78. The number of amides is 1. The van der Waals surface area contributed by atoms with Gasteiger partial charge in [0.05, 0.1) is 5.56 Å². The molecule has 0 aromatic carbocycles. The smallest absolute Gasteiger partial charge is 0.255 e. The van der Waals surface area contributed by atoms with Crippen LogP contribution in [0.2, 0.25) is 0 Å². The zero-order valence-electron chi connectivity index (χ0n) is 10.4. The highest BCUT2D eigenvalue weighted by Gasteiger charge is 2.10. The fraction of sp³-hybridized carbons (Fsp3) is 0.538. The van der Waals surface area contributed by atoms with Gasteiger partial charge in [0.15, 0.2) is 0 Å². The predicted molar refractivity (Wildman–Crippen MR) is 65.2 cm³/mol. The van der Waals surface area contributed by atoms with Gasteiger partial charge in [-0.1, -0.05) is 26.7 Å². The quantitative estimate of drug-likeness (QED) is 0.611. The van der Waals surface area contributed by atoms with E-state index in [4.69, 9.17) is 0 Å². The van der Waals surface area contributed by atoms with E-state index in [1.807, 2.05) is 0 Å². The monoisotopic (exact) mass is 238 g/mol. The number of nitrogens with zero attached hydrogens (tertiary/aromatic N) is 1. The lowest BCUT2D eigenvalue weighted by Gasteiger charge is -2.06. The maximum Gasteiger partial charge on any atom is 0.255 e. The van der Waals surface area contributed by atoms with Crippen LogP contribution in [0.15, 0.2) is 18.3 Å². The highest BCUT2D eigenvalue weighted by molar-refractivity contribution is 5.94. The molecule has 3 nitrogen and oxygen atoms in total. The van der Waals surface area contributed by atoms with Crippen LogP contribution in [-0.4, -0.2) is 17.4 Å². The van der Waals surface area contributed by atoms with Crippen molar-refractivity contribution in [3.63, 3.8) is 0 Å². The maximum absolute atomic E-state index is 13.1. The van der Waals surface area contributed by atoms with Gasteiger partial charge in [-0.05, 0) is 24.5 Å². The van der Waals surface area contributed by atoms with Gasteiger partial charge < -0.3 is 5.32 Å². The van der Waals surface area contributed by atoms with Gasteiger partial charge in [-0.3, -0.25) is 4.79 Å². The molecule has 0 aliphatic rings. The van der Waals surface area contributed by atoms with Crippen molar-refractivity contribution in [2.24, 2.45) is 5.92 Å². The van der Waals surface area contributed by atoms with Gasteiger partial charge in [-0.15, -0.1) is 0 Å². The van der Waals surface area contributed by atoms with E-state index in [2.05, 4.69) is 24.1 Å². The summed E-state index contributed by atoms with van der Waals surface area (Å²) in [6.45, 7) is 4.92. The van der Waals surface area contributed by atoms with Crippen molar-refractivity contribution in [2.45, 2.75) is 33.1 Å². The Morgan fingerprint density at radius 3 is 2.88 bits per heavy atom. The number of carbonyl (C=O) groups is 1. The normalized spacial score (nSPS) is 10.6. The van der Waals surface area contributed by atoms with Crippen LogP contribution in [0, 0.1) is 11.9 Å². The zero-order chi connectivity index (χ0) is 12.7. The first-order valence-corrected chi connectivity index (χ1v) is 6.00. The minimum atomic E-state index is -0.716. The third-order valence-corrected chi connectivity index (χ3v) is 2.50. The van der Waals surface area contributed by atoms with Crippen molar-refractivity contribution in [3.8, 4) is 0 Å². The maximum atomic E-state index is 13.1. The Balaban J connectivity index is 2.29. The number of carbonyl (C=O) groups excluding carboxylic acids is 1. The SMILES string of the molecule is CC(C)CCCCNC(=O)c1cccnc1F. The molecule has 0 bridgehead atoms. The van der Waals surface area contributed by atoms with Crippen LogP contribution in [0.25, 0.3) is 0 Å². The van der Waals surface area contributed by atoms with Crippen LogP contribution in [0.5, 0.6) is 0 Å². The van der Waals surface area contributed by atoms with Gasteiger partial charge in [0, 0.05) is 12.7 Å². The number of hydrogen-bond donors (Lipinski definition) is 1. The van der Waals surface area contributed by atoms with Crippen LogP contribution in [0.4, 0.5) is 4.39 Å². The lowest BCUT2D eigenvalue weighted by molar-refractivity contribution is 0.0948. The molecule has 17 heavy (non-hydrogen) atoms. The third-order valence-electron chi connectivity index (χ3n) is 2.50. The largest absolute Gasteiger partial charge is 0.352 e. The molecule has 1 aromatic heterocycles. The molecule has 0 aliphatic carbocycles. The molecular formula is C13H19FN2O. The van der Waals surface area contributed by atoms with Crippen molar-refractivity contribution in [1.29, 1.82) is 0 Å². The number of nitrogens with one attached hydrogen (secondary N) is 1. The molecule has 1 rings (SSSR count). The second-order valence-corrected chi connectivity index (χ2v) is 4.49. The molecule has 4 heteroatoms. The van der Waals surface area contributed by atoms with Crippen molar-refractivity contribution >= 4 is 5.91 Å². The Morgan fingerprint density at radius 1 is 1.47 bits per heavy atom. The van der Waals surface area contributed by atoms with Crippen LogP contribution < -0.4 is 5.32 Å². The first kappa shape index (κ1) is 13.6. The van der Waals surface area contributed by atoms with Crippen LogP contribution in [0.1, 0.15) is 43.5 Å². The summed E-state index contributed by atoms with van der Waals surface area (Å²) in [5.41, 5.74) is 0.0105. The standard InChI is InChI=1S/C13H19FN2O/c1-10(2)6-3-4-8-16-13(17)11-7-5-9-15-12(11)14/h5,7,9-10H,3-4,6,8H2,1-2H3,(H,16,17). The molecule has 1 aromatic rings. The van der Waals surface area contributed by atoms with E-state index in [0.29, 0.717) is 12.5 Å². The summed E-state index contributed by atoms with van der Waals surface area (Å²) in [4.78, 5) is 15.0. The molecule has 94 valence electrons. The molecule has 0 aliphatic heterocycles. The van der Waals surface area contributed by atoms with E-state index in [0.717, 1.165) is 19.3 Å². The summed E-state index contributed by atoms with van der Waals surface area (Å²) >= 11 is 0. The fourth-order valence-corrected chi connectivity index (χ4v) is 1.53. The van der Waals surface area contributed by atoms with Crippen molar-refractivity contribution in [1.82, 2.24) is 10.3 Å². The molecule has 0 atom stereocenters. The van der Waals surface area contributed by atoms with Gasteiger partial charge >= 0.3 is 0 Å². The number of aromatic nitrogens is 1. The molecule has 0 saturated heterocycles. The summed E-state index contributed by atoms with van der Waals surface area (Å²) in [5, 5.41) is 2.69. The highest BCUT2D eigenvalue weighted by atomic mass is 19.1. The van der Waals surface area contributed by atoms with E-state index in [1.54, 1.807) is 6.07 Å². The lowest BCUT2D eigenvalue weighted by Crippen LogP contribution is -2.25. The van der Waals surface area contributed by atoms with Crippen molar-refractivity contribution in [2.75, 3.05) is 6.54 Å². The summed E-state index contributed by atoms with van der Waals surface area (Å²) < 4.78 is 13.1. The number of halogens is 1. The molecule has 1 amide bonds. The van der Waals surface area contributed by atoms with Crippen molar-refractivity contribution < 1.29 is 9.18 Å². The van der Waals surface area contributed by atoms with Crippen molar-refractivity contribution in [3.05, 3.63) is 29.8 Å². The average Bonchev–Trinajstić information content (AvgIpc) is 2.28. The zero-order valence-corrected chi connectivity index (χ0v) is 10.4. The van der Waals surface area contributed by atoms with E-state index in [1.165, 1.54) is 12.3 Å². The highest BCUT2D eigenvalue weighted by Crippen LogP contribution is 2.06. The Bertz CT molecular complexity index is 366. The van der Waals surface area contributed by atoms with Crippen LogP contribution >= 0.6 is 0 Å². The summed E-state index contributed by atoms with van der Waals surface area (Å²) in [5.74, 6) is -0.422. The fourth-order valence-electron chi connectivity index (χ4n) is 1.53. The molecule has 0 spiro atoms. The first-order valence-electron chi connectivity index (χ1n) is 6.00. The minimum absolute atomic E-state index is 0.0105. The average molecular weight is 238 g/mol. The van der Waals surface area contributed by atoms with E-state index in [-0.39, 0.29) is 11.5 Å². The molecule has 1 N–H and O–H groups in total. The van der Waals surface area contributed by atoms with Gasteiger partial charge in [-0.25, -0.2) is 4.98 Å². The Morgan fingerprint density at radius 2 is 2.24 bits per heavy atom. The Hall–Kier alpha value is -1.45. The molecule has 0 radical (unpaired) electrons. The minimum Gasteiger partial charge on any atom is -0.352 e. The molecule has 0 fully saturated rings. The van der Waals surface area contributed by atoms with Crippen LogP contribution in [0.3, 0.4) is 0 Å². The van der Waals surface area contributed by atoms with Gasteiger partial charge in [-0.2, -0.15) is 4.39 Å². The second kappa shape index (κ2) is 6.99. The van der Waals surface area contributed by atoms with Gasteiger partial charge in [0.1, 0.15) is 0 Å². The molecule has 1 heterocycles. The lowest BCUT2D eigenvalue weighted by atomic mass is 10.1. The molecule has 0 saturated carbocycles. The van der Waals surface area contributed by atoms with E-state index < -0.39 is 5.95 Å². The van der Waals surface area contributed by atoms with Gasteiger partial charge in [0.2, 0.25) is 5.95 Å². The summed E-state index contributed by atoms with van der Waals surface area (Å²) in [7, 11) is 0. The number of hydrogen-bond acceptors (Lipinski definition) is 2. The topological polar surface area (TPSA) is 42.0 Å². The molecular weight excluding hydrogens is 219 g/mol. The summed E-state index contributed by atoms with van der Waals surface area (Å²) in [6, 6.07) is 2.99. The Labute approximate surface area is 101 Å². The Kier molecular flexibility index (Phi) is 5.60. The van der Waals surface area contributed by atoms with E-state index in [9.17, 15) is 9.18 Å². The number of rotatable bonds is 6. The number of unbranched alkanes of at least 4 members (excludes halogenated alkanes) is 1. The van der Waals surface area contributed by atoms with E-state index >= 15 is 0 Å². The third kappa shape index (κ3) is 4.93. The first-order chi connectivity index (χ1) is 8.11. The summed E-state index contributed by atoms with van der Waals surface area (Å²) in [6.07, 6.45) is 4.48. The molecule has 0 unspecified atom stereocenters. The van der Waals surface area contributed by atoms with Crippen LogP contribution in [-0.2, 0) is 0 Å². The van der Waals surface area contributed by atoms with Gasteiger partial charge in [0.25, 0.3) is 5.91 Å².